The molecule has 0 amide bonds. The van der Waals surface area contributed by atoms with E-state index in [-0.39, 0.29) is 6.04 Å². The van der Waals surface area contributed by atoms with Crippen molar-refractivity contribution in [3.05, 3.63) is 23.7 Å². The molecule has 0 aliphatic carbocycles. The topological polar surface area (TPSA) is 72.3 Å². The van der Waals surface area contributed by atoms with Crippen molar-refractivity contribution < 1.29 is 0 Å². The normalized spacial score (nSPS) is 10.9. The molecule has 0 spiro atoms. The first-order chi connectivity index (χ1) is 9.15. The third-order valence-corrected chi connectivity index (χ3v) is 2.91. The quantitative estimate of drug-likeness (QED) is 0.824. The average molecular weight is 258 g/mol. The lowest BCUT2D eigenvalue weighted by Crippen LogP contribution is -2.03. The first-order valence-corrected chi connectivity index (χ1v) is 6.56. The highest BCUT2D eigenvalue weighted by atomic mass is 15.5. The predicted octanol–water partition coefficient (Wildman–Crippen LogP) is 2.26. The largest absolute Gasteiger partial charge is 0.267 e. The Kier molecular flexibility index (Phi) is 3.95. The minimum absolute atomic E-state index is 0.212. The van der Waals surface area contributed by atoms with Crippen molar-refractivity contribution in [2.24, 2.45) is 0 Å². The lowest BCUT2D eigenvalue weighted by atomic mass is 10.2. The summed E-state index contributed by atoms with van der Waals surface area (Å²) in [4.78, 5) is 0. The summed E-state index contributed by atoms with van der Waals surface area (Å²) in [6.45, 7) is 6.18. The molecule has 2 rings (SSSR count). The average Bonchev–Trinajstić information content (AvgIpc) is 3.02. The third kappa shape index (κ3) is 2.81. The fourth-order valence-electron chi connectivity index (χ4n) is 1.77. The van der Waals surface area contributed by atoms with E-state index in [0.717, 1.165) is 25.0 Å². The van der Waals surface area contributed by atoms with Crippen LogP contribution in [0.4, 0.5) is 0 Å². The van der Waals surface area contributed by atoms with Crippen molar-refractivity contribution in [2.75, 3.05) is 0 Å². The van der Waals surface area contributed by atoms with Crippen LogP contribution >= 0.6 is 0 Å². The van der Waals surface area contributed by atoms with E-state index in [9.17, 15) is 0 Å². The molecule has 0 saturated carbocycles. The van der Waals surface area contributed by atoms with Gasteiger partial charge in [-0.2, -0.15) is 15.0 Å². The Balaban J connectivity index is 2.30. The number of nitriles is 1. The van der Waals surface area contributed by atoms with E-state index in [2.05, 4.69) is 28.4 Å². The number of unbranched alkanes of at least 4 members (excludes halogenated alkanes) is 1. The van der Waals surface area contributed by atoms with Crippen LogP contribution in [-0.4, -0.2) is 24.8 Å². The Bertz CT molecular complexity index is 587. The number of aryl methyl sites for hydroxylation is 1. The van der Waals surface area contributed by atoms with Crippen LogP contribution in [0.2, 0.25) is 0 Å². The van der Waals surface area contributed by atoms with Crippen LogP contribution < -0.4 is 0 Å². The van der Waals surface area contributed by atoms with Crippen LogP contribution in [0.25, 0.3) is 5.82 Å². The molecule has 0 N–H and O–H groups in total. The molecule has 0 unspecified atom stereocenters. The lowest BCUT2D eigenvalue weighted by molar-refractivity contribution is 0.527. The molecule has 100 valence electrons. The second-order valence-electron chi connectivity index (χ2n) is 4.81. The first-order valence-electron chi connectivity index (χ1n) is 6.56. The number of nitrogens with zero attached hydrogens (tertiary/aromatic N) is 6. The van der Waals surface area contributed by atoms with Crippen LogP contribution in [0.3, 0.4) is 0 Å². The molecule has 0 aromatic carbocycles. The second-order valence-corrected chi connectivity index (χ2v) is 4.81. The zero-order valence-electron chi connectivity index (χ0n) is 11.5. The van der Waals surface area contributed by atoms with Crippen molar-refractivity contribution in [2.45, 2.75) is 46.1 Å². The number of hydrogen-bond donors (Lipinski definition) is 0. The van der Waals surface area contributed by atoms with Crippen LogP contribution in [0.5, 0.6) is 0 Å². The first kappa shape index (κ1) is 13.3. The van der Waals surface area contributed by atoms with Crippen LogP contribution in [-0.2, 0) is 6.42 Å². The summed E-state index contributed by atoms with van der Waals surface area (Å²) in [6.07, 6.45) is 6.71. The maximum atomic E-state index is 9.16. The maximum Gasteiger partial charge on any atom is 0.194 e. The highest BCUT2D eigenvalue weighted by Gasteiger charge is 2.14. The molecule has 6 nitrogen and oxygen atoms in total. The summed E-state index contributed by atoms with van der Waals surface area (Å²) in [5.41, 5.74) is 1.45. The predicted molar refractivity (Wildman–Crippen MR) is 70.9 cm³/mol. The van der Waals surface area contributed by atoms with Gasteiger partial charge in [-0.15, -0.1) is 5.10 Å². The Morgan fingerprint density at radius 2 is 2.16 bits per heavy atom. The second kappa shape index (κ2) is 5.65. The third-order valence-electron chi connectivity index (χ3n) is 2.91. The van der Waals surface area contributed by atoms with Crippen molar-refractivity contribution in [1.82, 2.24) is 24.8 Å². The molecule has 6 heteroatoms. The fraction of sp³-hybridized carbons (Fsp3) is 0.538. The van der Waals surface area contributed by atoms with Crippen molar-refractivity contribution in [1.29, 1.82) is 5.26 Å². The molecule has 0 aliphatic rings. The van der Waals surface area contributed by atoms with Crippen molar-refractivity contribution in [3.63, 3.8) is 0 Å². The van der Waals surface area contributed by atoms with Gasteiger partial charge in [-0.3, -0.25) is 4.68 Å². The minimum Gasteiger partial charge on any atom is -0.267 e. The van der Waals surface area contributed by atoms with Crippen LogP contribution in [0, 0.1) is 11.3 Å². The van der Waals surface area contributed by atoms with Gasteiger partial charge in [0.25, 0.3) is 0 Å². The van der Waals surface area contributed by atoms with E-state index in [1.54, 1.807) is 15.6 Å². The van der Waals surface area contributed by atoms with Gasteiger partial charge < -0.3 is 0 Å². The van der Waals surface area contributed by atoms with Gasteiger partial charge >= 0.3 is 0 Å². The summed E-state index contributed by atoms with van der Waals surface area (Å²) < 4.78 is 3.35. The van der Waals surface area contributed by atoms with Crippen LogP contribution in [0.15, 0.2) is 12.4 Å². The molecule has 0 radical (unpaired) electrons. The van der Waals surface area contributed by atoms with E-state index in [1.807, 2.05) is 20.0 Å². The SMILES string of the molecule is CCCCc1cn(-c2nn(C(C)C)cc2C#N)nn1. The summed E-state index contributed by atoms with van der Waals surface area (Å²) in [5.74, 6) is 0.548. The summed E-state index contributed by atoms with van der Waals surface area (Å²) in [5, 5.41) is 21.7. The van der Waals surface area contributed by atoms with Gasteiger partial charge in [0.1, 0.15) is 11.6 Å². The molecule has 0 bridgehead atoms. The van der Waals surface area contributed by atoms with E-state index in [0.29, 0.717) is 11.4 Å². The van der Waals surface area contributed by atoms with Gasteiger partial charge in [0.15, 0.2) is 5.82 Å². The molecule has 0 saturated heterocycles. The Hall–Kier alpha value is -2.16. The van der Waals surface area contributed by atoms with E-state index >= 15 is 0 Å². The molecular formula is C13H18N6. The maximum absolute atomic E-state index is 9.16. The minimum atomic E-state index is 0.212. The molecule has 19 heavy (non-hydrogen) atoms. The zero-order valence-corrected chi connectivity index (χ0v) is 11.5. The molecule has 2 heterocycles. The molecule has 0 fully saturated rings. The van der Waals surface area contributed by atoms with Crippen molar-refractivity contribution >= 4 is 0 Å². The number of rotatable bonds is 5. The standard InChI is InChI=1S/C13H18N6/c1-4-5-6-12-9-19(17-15-12)13-11(7-14)8-18(16-13)10(2)3/h8-10H,4-6H2,1-3H3. The summed E-state index contributed by atoms with van der Waals surface area (Å²) >= 11 is 0. The molecular weight excluding hydrogens is 240 g/mol. The van der Waals surface area contributed by atoms with Crippen molar-refractivity contribution in [3.8, 4) is 11.9 Å². The fourth-order valence-corrected chi connectivity index (χ4v) is 1.77. The van der Waals surface area contributed by atoms with E-state index < -0.39 is 0 Å². The highest BCUT2D eigenvalue weighted by molar-refractivity contribution is 5.41. The molecule has 2 aromatic heterocycles. The molecule has 2 aromatic rings. The van der Waals surface area contributed by atoms with Crippen LogP contribution in [0.1, 0.15) is 50.9 Å². The van der Waals surface area contributed by atoms with E-state index in [4.69, 9.17) is 5.26 Å². The van der Waals surface area contributed by atoms with Gasteiger partial charge in [0.2, 0.25) is 0 Å². The smallest absolute Gasteiger partial charge is 0.194 e. The number of aromatic nitrogens is 5. The van der Waals surface area contributed by atoms with Gasteiger partial charge in [-0.1, -0.05) is 18.6 Å². The number of hydrogen-bond acceptors (Lipinski definition) is 4. The Labute approximate surface area is 112 Å². The monoisotopic (exact) mass is 258 g/mol. The summed E-state index contributed by atoms with van der Waals surface area (Å²) in [6, 6.07) is 2.36. The Morgan fingerprint density at radius 3 is 2.79 bits per heavy atom. The molecule has 0 aliphatic heterocycles. The Morgan fingerprint density at radius 1 is 1.37 bits per heavy atom. The van der Waals surface area contributed by atoms with Gasteiger partial charge in [-0.25, -0.2) is 0 Å². The van der Waals surface area contributed by atoms with Gasteiger partial charge in [0.05, 0.1) is 11.9 Å². The lowest BCUT2D eigenvalue weighted by Gasteiger charge is -2.02. The van der Waals surface area contributed by atoms with Gasteiger partial charge in [0, 0.05) is 12.2 Å². The highest BCUT2D eigenvalue weighted by Crippen LogP contribution is 2.14. The van der Waals surface area contributed by atoms with Gasteiger partial charge in [-0.05, 0) is 26.7 Å². The summed E-state index contributed by atoms with van der Waals surface area (Å²) in [7, 11) is 0. The molecule has 0 atom stereocenters. The van der Waals surface area contributed by atoms with E-state index in [1.165, 1.54) is 0 Å². The zero-order chi connectivity index (χ0) is 13.8.